The van der Waals surface area contributed by atoms with Gasteiger partial charge in [-0.05, 0) is 6.42 Å². The van der Waals surface area contributed by atoms with Crippen LogP contribution in [0.15, 0.2) is 4.79 Å². The largest absolute Gasteiger partial charge is 0.345 e. The molecule has 1 aliphatic rings. The highest BCUT2D eigenvalue weighted by atomic mass is 16.1. The van der Waals surface area contributed by atoms with E-state index in [2.05, 4.69) is 9.97 Å². The first-order chi connectivity index (χ1) is 6.22. The number of fused-ring (bicyclic) bond motifs is 1. The normalized spacial score (nSPS) is 14.7. The van der Waals surface area contributed by atoms with Gasteiger partial charge in [0.25, 0.3) is 0 Å². The molecule has 1 aromatic rings. The molecule has 13 heavy (non-hydrogen) atoms. The minimum Gasteiger partial charge on any atom is -0.325 e. The Morgan fingerprint density at radius 1 is 1.38 bits per heavy atom. The zero-order valence-corrected chi connectivity index (χ0v) is 6.96. The molecule has 1 heterocycles. The summed E-state index contributed by atoms with van der Waals surface area (Å²) in [6.07, 6.45) is 1.04. The summed E-state index contributed by atoms with van der Waals surface area (Å²) in [6.45, 7) is 0.137. The summed E-state index contributed by atoms with van der Waals surface area (Å²) in [5, 5.41) is 0. The monoisotopic (exact) mass is 179 g/mol. The molecular formula is C8H9N3O2. The van der Waals surface area contributed by atoms with Gasteiger partial charge < -0.3 is 10.7 Å². The Morgan fingerprint density at radius 3 is 2.85 bits per heavy atom. The van der Waals surface area contributed by atoms with Crippen molar-refractivity contribution in [3.8, 4) is 0 Å². The molecule has 0 amide bonds. The van der Waals surface area contributed by atoms with Gasteiger partial charge in [-0.25, -0.2) is 4.79 Å². The highest BCUT2D eigenvalue weighted by Gasteiger charge is 2.24. The van der Waals surface area contributed by atoms with E-state index in [1.54, 1.807) is 0 Å². The van der Waals surface area contributed by atoms with Crippen LogP contribution in [-0.4, -0.2) is 15.8 Å². The van der Waals surface area contributed by atoms with Crippen LogP contribution in [-0.2, 0) is 13.0 Å². The van der Waals surface area contributed by atoms with Crippen LogP contribution < -0.4 is 11.4 Å². The fourth-order valence-electron chi connectivity index (χ4n) is 1.60. The molecule has 1 aliphatic carbocycles. The summed E-state index contributed by atoms with van der Waals surface area (Å²) in [5.41, 5.74) is 6.60. The molecule has 0 saturated heterocycles. The van der Waals surface area contributed by atoms with Crippen LogP contribution >= 0.6 is 0 Å². The third-order valence-corrected chi connectivity index (χ3v) is 2.16. The van der Waals surface area contributed by atoms with E-state index in [0.717, 1.165) is 0 Å². The van der Waals surface area contributed by atoms with E-state index in [-0.39, 0.29) is 12.3 Å². The fraction of sp³-hybridized carbons (Fsp3) is 0.375. The first-order valence-corrected chi connectivity index (χ1v) is 4.07. The lowest BCUT2D eigenvalue weighted by Gasteiger charge is -2.01. The van der Waals surface area contributed by atoms with Crippen molar-refractivity contribution < 1.29 is 4.79 Å². The number of carbonyl (C=O) groups is 1. The van der Waals surface area contributed by atoms with Gasteiger partial charge in [0, 0.05) is 18.7 Å². The lowest BCUT2D eigenvalue weighted by atomic mass is 10.1. The van der Waals surface area contributed by atoms with Gasteiger partial charge >= 0.3 is 5.69 Å². The Morgan fingerprint density at radius 2 is 2.15 bits per heavy atom. The molecule has 0 atom stereocenters. The fourth-order valence-corrected chi connectivity index (χ4v) is 1.60. The number of nitrogens with one attached hydrogen (secondary N) is 1. The summed E-state index contributed by atoms with van der Waals surface area (Å²) in [5.74, 6) is 0.0270. The van der Waals surface area contributed by atoms with E-state index in [9.17, 15) is 9.59 Å². The molecule has 0 unspecified atom stereocenters. The Kier molecular flexibility index (Phi) is 1.73. The predicted octanol–water partition coefficient (Wildman–Crippen LogP) is -0.643. The molecule has 5 heteroatoms. The summed E-state index contributed by atoms with van der Waals surface area (Å²) >= 11 is 0. The average Bonchev–Trinajstić information content (AvgIpc) is 2.46. The van der Waals surface area contributed by atoms with Crippen LogP contribution in [0.4, 0.5) is 0 Å². The second-order valence-electron chi connectivity index (χ2n) is 2.97. The van der Waals surface area contributed by atoms with E-state index in [0.29, 0.717) is 29.8 Å². The summed E-state index contributed by atoms with van der Waals surface area (Å²) in [7, 11) is 0. The van der Waals surface area contributed by atoms with Gasteiger partial charge in [0.05, 0.1) is 11.3 Å². The third-order valence-electron chi connectivity index (χ3n) is 2.16. The van der Waals surface area contributed by atoms with Gasteiger partial charge in [-0.15, -0.1) is 0 Å². The molecule has 1 aromatic heterocycles. The van der Waals surface area contributed by atoms with E-state index in [1.807, 2.05) is 0 Å². The molecule has 3 N–H and O–H groups in total. The van der Waals surface area contributed by atoms with Crippen LogP contribution in [0.3, 0.4) is 0 Å². The first kappa shape index (κ1) is 8.12. The smallest absolute Gasteiger partial charge is 0.325 e. The summed E-state index contributed by atoms with van der Waals surface area (Å²) in [4.78, 5) is 28.5. The number of carbonyl (C=O) groups excluding carboxylic acids is 1. The number of aryl methyl sites for hydroxylation is 1. The van der Waals surface area contributed by atoms with Crippen molar-refractivity contribution in [2.75, 3.05) is 0 Å². The Bertz CT molecular complexity index is 422. The first-order valence-electron chi connectivity index (χ1n) is 4.07. The van der Waals surface area contributed by atoms with Crippen molar-refractivity contribution in [1.29, 1.82) is 0 Å². The number of H-pyrrole nitrogens is 1. The Hall–Kier alpha value is -1.49. The van der Waals surface area contributed by atoms with Gasteiger partial charge in [-0.1, -0.05) is 0 Å². The Labute approximate surface area is 74.0 Å². The van der Waals surface area contributed by atoms with Gasteiger partial charge in [-0.2, -0.15) is 4.98 Å². The van der Waals surface area contributed by atoms with Crippen molar-refractivity contribution in [3.63, 3.8) is 0 Å². The zero-order chi connectivity index (χ0) is 9.42. The molecule has 2 rings (SSSR count). The van der Waals surface area contributed by atoms with E-state index >= 15 is 0 Å². The summed E-state index contributed by atoms with van der Waals surface area (Å²) in [6, 6.07) is 0. The molecule has 0 aromatic carbocycles. The molecule has 0 fully saturated rings. The predicted molar refractivity (Wildman–Crippen MR) is 45.4 cm³/mol. The van der Waals surface area contributed by atoms with Crippen LogP contribution in [0, 0.1) is 0 Å². The molecule has 5 nitrogen and oxygen atoms in total. The number of rotatable bonds is 1. The highest BCUT2D eigenvalue weighted by molar-refractivity contribution is 6.00. The molecule has 0 radical (unpaired) electrons. The van der Waals surface area contributed by atoms with Crippen LogP contribution in [0.5, 0.6) is 0 Å². The SMILES string of the molecule is NCc1nc(=O)[nH]c2c1C(=O)CC2. The maximum absolute atomic E-state index is 11.3. The number of nitrogens with zero attached hydrogens (tertiary/aromatic N) is 1. The topological polar surface area (TPSA) is 88.8 Å². The molecular weight excluding hydrogens is 170 g/mol. The van der Waals surface area contributed by atoms with Crippen LogP contribution in [0.1, 0.15) is 28.2 Å². The minimum atomic E-state index is -0.422. The average molecular weight is 179 g/mol. The lowest BCUT2D eigenvalue weighted by molar-refractivity contribution is 0.0993. The summed E-state index contributed by atoms with van der Waals surface area (Å²) < 4.78 is 0. The standard InChI is InChI=1S/C8H9N3O2/c9-3-5-7-4(1-2-6(7)12)10-8(13)11-5/h1-3,9H2,(H,10,11,13). The number of aromatic amines is 1. The van der Waals surface area contributed by atoms with Crippen molar-refractivity contribution in [2.45, 2.75) is 19.4 Å². The number of hydrogen-bond donors (Lipinski definition) is 2. The quantitative estimate of drug-likeness (QED) is 0.600. The van der Waals surface area contributed by atoms with Crippen molar-refractivity contribution in [3.05, 3.63) is 27.4 Å². The molecule has 0 spiro atoms. The molecule has 68 valence electrons. The van der Waals surface area contributed by atoms with Gasteiger partial charge in [0.1, 0.15) is 0 Å². The molecule has 0 bridgehead atoms. The number of ketones is 1. The van der Waals surface area contributed by atoms with Crippen LogP contribution in [0.2, 0.25) is 0 Å². The third kappa shape index (κ3) is 1.17. The van der Waals surface area contributed by atoms with Crippen molar-refractivity contribution in [1.82, 2.24) is 9.97 Å². The van der Waals surface area contributed by atoms with Crippen molar-refractivity contribution in [2.24, 2.45) is 5.73 Å². The number of aromatic nitrogens is 2. The van der Waals surface area contributed by atoms with Crippen LogP contribution in [0.25, 0.3) is 0 Å². The van der Waals surface area contributed by atoms with Gasteiger partial charge in [0.15, 0.2) is 5.78 Å². The maximum Gasteiger partial charge on any atom is 0.345 e. The van der Waals surface area contributed by atoms with Gasteiger partial charge in [-0.3, -0.25) is 4.79 Å². The maximum atomic E-state index is 11.3. The van der Waals surface area contributed by atoms with E-state index in [4.69, 9.17) is 5.73 Å². The van der Waals surface area contributed by atoms with Crippen molar-refractivity contribution >= 4 is 5.78 Å². The molecule has 0 saturated carbocycles. The van der Waals surface area contributed by atoms with E-state index in [1.165, 1.54) is 0 Å². The molecule has 0 aliphatic heterocycles. The number of nitrogens with two attached hydrogens (primary N) is 1. The minimum absolute atomic E-state index is 0.0270. The Balaban J connectivity index is 2.71. The lowest BCUT2D eigenvalue weighted by Crippen LogP contribution is -2.19. The van der Waals surface area contributed by atoms with Gasteiger partial charge in [0.2, 0.25) is 0 Å². The highest BCUT2D eigenvalue weighted by Crippen LogP contribution is 2.20. The zero-order valence-electron chi connectivity index (χ0n) is 6.96. The van der Waals surface area contributed by atoms with E-state index < -0.39 is 5.69 Å². The number of Topliss-reactive ketones (excluding diaryl/α,β-unsaturated/α-hetero) is 1. The second-order valence-corrected chi connectivity index (χ2v) is 2.97. The number of hydrogen-bond acceptors (Lipinski definition) is 4. The second kappa shape index (κ2) is 2.77.